The molecule has 0 aliphatic rings. The van der Waals surface area contributed by atoms with Gasteiger partial charge in [-0.15, -0.1) is 10.2 Å². The van der Waals surface area contributed by atoms with Crippen molar-refractivity contribution < 1.29 is 4.79 Å². The Morgan fingerprint density at radius 3 is 2.77 bits per heavy atom. The minimum atomic E-state index is -0.456. The molecule has 0 radical (unpaired) electrons. The third-order valence-corrected chi connectivity index (χ3v) is 4.24. The molecule has 3 N–H and O–H groups in total. The number of anilines is 1. The maximum absolute atomic E-state index is 11.9. The zero-order valence-electron chi connectivity index (χ0n) is 11.3. The molecule has 0 saturated carbocycles. The molecule has 10 heteroatoms. The van der Waals surface area contributed by atoms with Crippen LogP contribution in [0, 0.1) is 6.92 Å². The van der Waals surface area contributed by atoms with E-state index in [4.69, 9.17) is 29.0 Å². The van der Waals surface area contributed by atoms with Crippen LogP contribution in [0.25, 0.3) is 0 Å². The number of nitrogens with zero attached hydrogens (tertiary/aromatic N) is 3. The molecule has 7 nitrogen and oxygen atoms in total. The fourth-order valence-electron chi connectivity index (χ4n) is 1.47. The van der Waals surface area contributed by atoms with Crippen LogP contribution < -0.4 is 16.7 Å². The number of rotatable bonds is 4. The molecular weight excluding hydrogens is 349 g/mol. The first-order chi connectivity index (χ1) is 10.4. The molecule has 22 heavy (non-hydrogen) atoms. The largest absolute Gasteiger partial charge is 0.334 e. The zero-order valence-corrected chi connectivity index (χ0v) is 13.7. The van der Waals surface area contributed by atoms with E-state index in [0.717, 1.165) is 16.4 Å². The van der Waals surface area contributed by atoms with Crippen molar-refractivity contribution >= 4 is 46.6 Å². The average Bonchev–Trinajstić information content (AvgIpc) is 2.48. The van der Waals surface area contributed by atoms with E-state index in [0.29, 0.717) is 15.7 Å². The van der Waals surface area contributed by atoms with Gasteiger partial charge in [-0.2, -0.15) is 4.68 Å². The van der Waals surface area contributed by atoms with Gasteiger partial charge in [-0.25, -0.2) is 0 Å². The van der Waals surface area contributed by atoms with Crippen LogP contribution in [0.4, 0.5) is 5.69 Å². The first kappa shape index (κ1) is 16.6. The lowest BCUT2D eigenvalue weighted by Crippen LogP contribution is -2.32. The average molecular weight is 360 g/mol. The van der Waals surface area contributed by atoms with Crippen molar-refractivity contribution in [2.75, 3.05) is 16.9 Å². The summed E-state index contributed by atoms with van der Waals surface area (Å²) in [5.74, 6) is 5.28. The van der Waals surface area contributed by atoms with Crippen LogP contribution in [0.2, 0.25) is 10.0 Å². The fourth-order valence-corrected chi connectivity index (χ4v) is 2.42. The molecule has 0 aliphatic carbocycles. The molecule has 0 unspecified atom stereocenters. The molecule has 0 bridgehead atoms. The summed E-state index contributed by atoms with van der Waals surface area (Å²) < 4.78 is 0.861. The summed E-state index contributed by atoms with van der Waals surface area (Å²) >= 11 is 12.7. The van der Waals surface area contributed by atoms with Crippen molar-refractivity contribution in [3.63, 3.8) is 0 Å². The van der Waals surface area contributed by atoms with E-state index >= 15 is 0 Å². The van der Waals surface area contributed by atoms with Crippen molar-refractivity contribution in [1.29, 1.82) is 0 Å². The summed E-state index contributed by atoms with van der Waals surface area (Å²) in [6.45, 7) is 1.50. The number of carbonyl (C=O) groups is 1. The Morgan fingerprint density at radius 1 is 1.36 bits per heavy atom. The highest BCUT2D eigenvalue weighted by atomic mass is 35.5. The van der Waals surface area contributed by atoms with Gasteiger partial charge in [-0.1, -0.05) is 35.0 Å². The van der Waals surface area contributed by atoms with Gasteiger partial charge in [-0.3, -0.25) is 9.59 Å². The van der Waals surface area contributed by atoms with E-state index in [-0.39, 0.29) is 22.5 Å². The molecule has 116 valence electrons. The molecule has 1 amide bonds. The van der Waals surface area contributed by atoms with Crippen LogP contribution in [-0.2, 0) is 4.79 Å². The number of carbonyl (C=O) groups excluding carboxylic acids is 1. The maximum Gasteiger partial charge on any atom is 0.294 e. The summed E-state index contributed by atoms with van der Waals surface area (Å²) in [4.78, 5) is 23.4. The van der Waals surface area contributed by atoms with Crippen LogP contribution in [0.1, 0.15) is 5.69 Å². The van der Waals surface area contributed by atoms with Gasteiger partial charge >= 0.3 is 0 Å². The first-order valence-electron chi connectivity index (χ1n) is 5.97. The van der Waals surface area contributed by atoms with Crippen molar-refractivity contribution in [2.45, 2.75) is 12.1 Å². The van der Waals surface area contributed by atoms with Gasteiger partial charge in [0.25, 0.3) is 5.56 Å². The Labute approximate surface area is 139 Å². The minimum Gasteiger partial charge on any atom is -0.334 e. The molecule has 2 aromatic rings. The monoisotopic (exact) mass is 359 g/mol. The number of nitrogen functional groups attached to an aromatic ring is 1. The molecule has 1 aromatic heterocycles. The van der Waals surface area contributed by atoms with Crippen molar-refractivity contribution in [3.05, 3.63) is 44.3 Å². The molecule has 1 heterocycles. The molecule has 0 aliphatic heterocycles. The van der Waals surface area contributed by atoms with Gasteiger partial charge in [0, 0.05) is 5.69 Å². The third-order valence-electron chi connectivity index (χ3n) is 2.56. The van der Waals surface area contributed by atoms with Gasteiger partial charge < -0.3 is 11.2 Å². The first-order valence-corrected chi connectivity index (χ1v) is 7.71. The smallest absolute Gasteiger partial charge is 0.294 e. The number of nitrogens with one attached hydrogen (secondary N) is 1. The zero-order chi connectivity index (χ0) is 16.3. The van der Waals surface area contributed by atoms with E-state index in [1.807, 2.05) is 0 Å². The number of nitrogens with two attached hydrogens (primary N) is 1. The second kappa shape index (κ2) is 6.99. The second-order valence-electron chi connectivity index (χ2n) is 4.21. The number of halogens is 2. The van der Waals surface area contributed by atoms with Gasteiger partial charge in [0.1, 0.15) is 5.69 Å². The van der Waals surface area contributed by atoms with Crippen LogP contribution in [0.5, 0.6) is 0 Å². The number of aromatic nitrogens is 3. The summed E-state index contributed by atoms with van der Waals surface area (Å²) in [6.07, 6.45) is 0. The van der Waals surface area contributed by atoms with Crippen molar-refractivity contribution in [3.8, 4) is 0 Å². The molecule has 0 fully saturated rings. The second-order valence-corrected chi connectivity index (χ2v) is 5.97. The standard InChI is InChI=1S/C12H11Cl2N5O2S/c1-6-11(21)19(15)12(18-17-6)22-5-10(20)16-7-2-3-8(13)9(14)4-7/h2-4H,5,15H2,1H3,(H,16,20). The Balaban J connectivity index is 2.00. The Hall–Kier alpha value is -1.77. The number of hydrogen-bond donors (Lipinski definition) is 2. The molecule has 2 rings (SSSR count). The Bertz CT molecular complexity index is 781. The molecule has 0 atom stereocenters. The van der Waals surface area contributed by atoms with E-state index in [2.05, 4.69) is 15.5 Å². The van der Waals surface area contributed by atoms with Gasteiger partial charge in [-0.05, 0) is 25.1 Å². The van der Waals surface area contributed by atoms with Gasteiger partial charge in [0.2, 0.25) is 11.1 Å². The highest BCUT2D eigenvalue weighted by Gasteiger charge is 2.11. The van der Waals surface area contributed by atoms with E-state index < -0.39 is 5.56 Å². The van der Waals surface area contributed by atoms with Crippen LogP contribution >= 0.6 is 35.0 Å². The quantitative estimate of drug-likeness (QED) is 0.636. The topological polar surface area (TPSA) is 103 Å². The van der Waals surface area contributed by atoms with E-state index in [1.165, 1.54) is 13.0 Å². The van der Waals surface area contributed by atoms with Gasteiger partial charge in [0.15, 0.2) is 0 Å². The number of thioether (sulfide) groups is 1. The third kappa shape index (κ3) is 3.90. The normalized spacial score (nSPS) is 10.5. The lowest BCUT2D eigenvalue weighted by Gasteiger charge is -2.07. The Morgan fingerprint density at radius 2 is 2.09 bits per heavy atom. The van der Waals surface area contributed by atoms with E-state index in [1.54, 1.807) is 12.1 Å². The molecular formula is C12H11Cl2N5O2S. The summed E-state index contributed by atoms with van der Waals surface area (Å²) in [7, 11) is 0. The van der Waals surface area contributed by atoms with Gasteiger partial charge in [0.05, 0.1) is 15.8 Å². The Kier molecular flexibility index (Phi) is 5.28. The highest BCUT2D eigenvalue weighted by Crippen LogP contribution is 2.25. The SMILES string of the molecule is Cc1nnc(SCC(=O)Nc2ccc(Cl)c(Cl)c2)n(N)c1=O. The van der Waals surface area contributed by atoms with E-state index in [9.17, 15) is 9.59 Å². The minimum absolute atomic E-state index is 0.00856. The lowest BCUT2D eigenvalue weighted by molar-refractivity contribution is -0.113. The number of aryl methyl sites for hydroxylation is 1. The predicted molar refractivity (Wildman–Crippen MR) is 87.0 cm³/mol. The molecule has 0 saturated heterocycles. The van der Waals surface area contributed by atoms with Crippen LogP contribution in [0.3, 0.4) is 0 Å². The van der Waals surface area contributed by atoms with Crippen LogP contribution in [-0.4, -0.2) is 26.5 Å². The molecule has 0 spiro atoms. The lowest BCUT2D eigenvalue weighted by atomic mass is 10.3. The highest BCUT2D eigenvalue weighted by molar-refractivity contribution is 7.99. The number of benzene rings is 1. The summed E-state index contributed by atoms with van der Waals surface area (Å²) in [5, 5.41) is 11.0. The van der Waals surface area contributed by atoms with Crippen molar-refractivity contribution in [1.82, 2.24) is 14.9 Å². The number of hydrogen-bond acceptors (Lipinski definition) is 6. The number of amides is 1. The fraction of sp³-hybridized carbons (Fsp3) is 0.167. The predicted octanol–water partition coefficient (Wildman–Crippen LogP) is 1.70. The maximum atomic E-state index is 11.9. The summed E-state index contributed by atoms with van der Waals surface area (Å²) in [5.41, 5.74) is 0.245. The molecule has 1 aromatic carbocycles. The van der Waals surface area contributed by atoms with Crippen LogP contribution in [0.15, 0.2) is 28.2 Å². The summed E-state index contributed by atoms with van der Waals surface area (Å²) in [6, 6.07) is 4.74. The van der Waals surface area contributed by atoms with Crippen molar-refractivity contribution in [2.24, 2.45) is 0 Å².